The van der Waals surface area contributed by atoms with E-state index in [0.717, 1.165) is 54.9 Å². The molecule has 3 aromatic rings. The monoisotopic (exact) mass is 355 g/mol. The van der Waals surface area contributed by atoms with E-state index in [4.69, 9.17) is 0 Å². The van der Waals surface area contributed by atoms with Crippen LogP contribution in [0.25, 0.3) is 17.1 Å². The lowest BCUT2D eigenvalue weighted by Crippen LogP contribution is -2.41. The summed E-state index contributed by atoms with van der Waals surface area (Å²) in [6, 6.07) is 15.1. The second-order valence-corrected chi connectivity index (χ2v) is 6.51. The third kappa shape index (κ3) is 3.09. The molecular formula is C21H18F3N2+. The number of fused-ring (bicyclic) bond motifs is 1. The molecule has 1 aliphatic carbocycles. The predicted octanol–water partition coefficient (Wildman–Crippen LogP) is 4.92. The van der Waals surface area contributed by atoms with Crippen LogP contribution in [-0.4, -0.2) is 4.98 Å². The second-order valence-electron chi connectivity index (χ2n) is 6.51. The molecular weight excluding hydrogens is 337 g/mol. The summed E-state index contributed by atoms with van der Waals surface area (Å²) in [5, 5.41) is 0. The first kappa shape index (κ1) is 16.8. The van der Waals surface area contributed by atoms with Crippen LogP contribution in [0.5, 0.6) is 0 Å². The maximum absolute atomic E-state index is 12.9. The zero-order chi connectivity index (χ0) is 18.1. The van der Waals surface area contributed by atoms with Crippen molar-refractivity contribution in [1.29, 1.82) is 0 Å². The summed E-state index contributed by atoms with van der Waals surface area (Å²) >= 11 is 0. The minimum absolute atomic E-state index is 0.638. The molecule has 0 atom stereocenters. The summed E-state index contributed by atoms with van der Waals surface area (Å²) in [6.45, 7) is 0. The smallest absolute Gasteiger partial charge is 0.193 e. The van der Waals surface area contributed by atoms with Crippen LogP contribution in [0.3, 0.4) is 0 Å². The summed E-state index contributed by atoms with van der Waals surface area (Å²) in [6.07, 6.45) is 1.63. The van der Waals surface area contributed by atoms with Crippen LogP contribution >= 0.6 is 0 Å². The van der Waals surface area contributed by atoms with Crippen LogP contribution in [0.4, 0.5) is 13.2 Å². The number of alkyl halides is 3. The molecule has 0 bridgehead atoms. The molecule has 0 N–H and O–H groups in total. The lowest BCUT2D eigenvalue weighted by Gasteiger charge is -2.17. The largest absolute Gasteiger partial charge is 0.416 e. The van der Waals surface area contributed by atoms with Gasteiger partial charge in [-0.2, -0.15) is 17.7 Å². The van der Waals surface area contributed by atoms with Gasteiger partial charge in [-0.25, -0.2) is 0 Å². The Bertz CT molecular complexity index is 916. The number of aryl methyl sites for hydroxylation is 1. The molecule has 0 radical (unpaired) electrons. The van der Waals surface area contributed by atoms with Crippen molar-refractivity contribution in [2.45, 2.75) is 31.9 Å². The number of nitrogens with zero attached hydrogens (tertiary/aromatic N) is 2. The maximum atomic E-state index is 12.9. The molecule has 1 aromatic heterocycles. The third-order valence-electron chi connectivity index (χ3n) is 4.79. The second kappa shape index (κ2) is 6.56. The first-order valence-corrected chi connectivity index (χ1v) is 8.70. The van der Waals surface area contributed by atoms with Crippen LogP contribution in [0.15, 0.2) is 60.8 Å². The van der Waals surface area contributed by atoms with Crippen LogP contribution in [0.2, 0.25) is 0 Å². The van der Waals surface area contributed by atoms with Crippen molar-refractivity contribution in [3.8, 4) is 17.1 Å². The molecule has 0 fully saturated rings. The van der Waals surface area contributed by atoms with E-state index in [-0.39, 0.29) is 0 Å². The van der Waals surface area contributed by atoms with E-state index >= 15 is 0 Å². The van der Waals surface area contributed by atoms with Crippen LogP contribution < -0.4 is 4.57 Å². The quantitative estimate of drug-likeness (QED) is 0.596. The fraction of sp³-hybridized carbons (Fsp3) is 0.238. The zero-order valence-electron chi connectivity index (χ0n) is 14.1. The van der Waals surface area contributed by atoms with Gasteiger partial charge in [0.2, 0.25) is 0 Å². The molecule has 4 rings (SSSR count). The van der Waals surface area contributed by atoms with Gasteiger partial charge in [-0.3, -0.25) is 0 Å². The number of benzene rings is 2. The lowest BCUT2D eigenvalue weighted by molar-refractivity contribution is -0.596. The highest BCUT2D eigenvalue weighted by atomic mass is 19.4. The molecule has 1 heterocycles. The summed E-state index contributed by atoms with van der Waals surface area (Å²) in [5.41, 5.74) is 3.34. The third-order valence-corrected chi connectivity index (χ3v) is 4.79. The fourth-order valence-corrected chi connectivity index (χ4v) is 3.50. The maximum Gasteiger partial charge on any atom is 0.416 e. The van der Waals surface area contributed by atoms with E-state index in [1.165, 1.54) is 17.7 Å². The molecule has 2 aromatic carbocycles. The molecule has 2 nitrogen and oxygen atoms in total. The number of hydrogen-bond acceptors (Lipinski definition) is 1. The van der Waals surface area contributed by atoms with Gasteiger partial charge in [0, 0.05) is 12.0 Å². The Morgan fingerprint density at radius 1 is 0.846 bits per heavy atom. The Morgan fingerprint density at radius 2 is 1.54 bits per heavy atom. The highest BCUT2D eigenvalue weighted by Crippen LogP contribution is 2.30. The van der Waals surface area contributed by atoms with Gasteiger partial charge in [-0.1, -0.05) is 18.2 Å². The van der Waals surface area contributed by atoms with Gasteiger partial charge in [0.05, 0.1) is 11.1 Å². The van der Waals surface area contributed by atoms with Crippen molar-refractivity contribution in [1.82, 2.24) is 4.98 Å². The Morgan fingerprint density at radius 3 is 2.23 bits per heavy atom. The van der Waals surface area contributed by atoms with Gasteiger partial charge in [0.1, 0.15) is 17.6 Å². The van der Waals surface area contributed by atoms with E-state index in [9.17, 15) is 13.2 Å². The molecule has 26 heavy (non-hydrogen) atoms. The van der Waals surface area contributed by atoms with Gasteiger partial charge >= 0.3 is 12.0 Å². The predicted molar refractivity (Wildman–Crippen MR) is 92.8 cm³/mol. The van der Waals surface area contributed by atoms with E-state index in [0.29, 0.717) is 5.69 Å². The van der Waals surface area contributed by atoms with Crippen LogP contribution in [0, 0.1) is 0 Å². The van der Waals surface area contributed by atoms with Crippen molar-refractivity contribution in [2.24, 2.45) is 0 Å². The van der Waals surface area contributed by atoms with Crippen molar-refractivity contribution in [3.63, 3.8) is 0 Å². The standard InChI is InChI=1S/C21H18F3N2/c22-21(23,24)17-10-12-18(13-11-17)26-19-9-5-4-8-16(19)14-25-20(26)15-6-2-1-3-7-15/h1-3,6-7,10-14H,4-5,8-9H2/q+1. The molecule has 5 heteroatoms. The molecule has 1 aliphatic rings. The van der Waals surface area contributed by atoms with Gasteiger partial charge in [0.15, 0.2) is 0 Å². The van der Waals surface area contributed by atoms with Gasteiger partial charge in [-0.05, 0) is 60.6 Å². The average molecular weight is 355 g/mol. The highest BCUT2D eigenvalue weighted by molar-refractivity contribution is 5.53. The molecule has 0 amide bonds. The Hall–Kier alpha value is -2.69. The molecule has 0 aliphatic heterocycles. The Kier molecular flexibility index (Phi) is 4.23. The Balaban J connectivity index is 1.91. The van der Waals surface area contributed by atoms with E-state index in [1.54, 1.807) is 0 Å². The van der Waals surface area contributed by atoms with Crippen molar-refractivity contribution < 1.29 is 17.7 Å². The summed E-state index contributed by atoms with van der Waals surface area (Å²) in [4.78, 5) is 4.65. The number of hydrogen-bond donors (Lipinski definition) is 0. The normalized spacial score (nSPS) is 14.1. The number of halogens is 3. The minimum Gasteiger partial charge on any atom is -0.193 e. The lowest BCUT2D eigenvalue weighted by atomic mass is 9.96. The topological polar surface area (TPSA) is 16.8 Å². The number of aromatic nitrogens is 2. The Labute approximate surface area is 150 Å². The van der Waals surface area contributed by atoms with Crippen molar-refractivity contribution in [3.05, 3.63) is 77.6 Å². The van der Waals surface area contributed by atoms with E-state index in [2.05, 4.69) is 4.98 Å². The number of rotatable bonds is 2. The summed E-state index contributed by atoms with van der Waals surface area (Å²) in [5.74, 6) is 0.756. The molecule has 0 spiro atoms. The zero-order valence-corrected chi connectivity index (χ0v) is 14.1. The molecule has 0 unspecified atom stereocenters. The van der Waals surface area contributed by atoms with E-state index < -0.39 is 11.7 Å². The van der Waals surface area contributed by atoms with Crippen molar-refractivity contribution >= 4 is 0 Å². The molecule has 0 saturated carbocycles. The van der Waals surface area contributed by atoms with Crippen LogP contribution in [0.1, 0.15) is 29.7 Å². The summed E-state index contributed by atoms with van der Waals surface area (Å²) in [7, 11) is 0. The van der Waals surface area contributed by atoms with Crippen LogP contribution in [-0.2, 0) is 19.0 Å². The first-order chi connectivity index (χ1) is 12.5. The first-order valence-electron chi connectivity index (χ1n) is 8.70. The SMILES string of the molecule is FC(F)(F)c1ccc(-[n+]2c(-c3ccccc3)ncc3c2CCCC3)cc1. The molecule has 0 saturated heterocycles. The highest BCUT2D eigenvalue weighted by Gasteiger charge is 2.31. The van der Waals surface area contributed by atoms with Gasteiger partial charge in [-0.15, -0.1) is 0 Å². The van der Waals surface area contributed by atoms with Crippen molar-refractivity contribution in [2.75, 3.05) is 0 Å². The van der Waals surface area contributed by atoms with E-state index in [1.807, 2.05) is 41.1 Å². The molecule has 132 valence electrons. The average Bonchev–Trinajstić information content (AvgIpc) is 2.67. The summed E-state index contributed by atoms with van der Waals surface area (Å²) < 4.78 is 40.8. The van der Waals surface area contributed by atoms with Gasteiger partial charge < -0.3 is 0 Å². The van der Waals surface area contributed by atoms with Gasteiger partial charge in [0.25, 0.3) is 0 Å². The minimum atomic E-state index is -4.33. The fourth-order valence-electron chi connectivity index (χ4n) is 3.50.